The Bertz CT molecular complexity index is 420. The van der Waals surface area contributed by atoms with Gasteiger partial charge in [-0.1, -0.05) is 12.1 Å². The zero-order chi connectivity index (χ0) is 14.5. The van der Waals surface area contributed by atoms with Crippen molar-refractivity contribution in [3.63, 3.8) is 0 Å². The maximum absolute atomic E-state index is 12.3. The van der Waals surface area contributed by atoms with Crippen molar-refractivity contribution in [2.45, 2.75) is 12.3 Å². The minimum Gasteiger partial charge on any atom is -0.387 e. The quantitative estimate of drug-likeness (QED) is 0.786. The first kappa shape index (κ1) is 16.1. The van der Waals surface area contributed by atoms with Crippen molar-refractivity contribution in [2.75, 3.05) is 25.1 Å². The first-order chi connectivity index (χ1) is 8.80. The topological polar surface area (TPSA) is 49.3 Å². The molecule has 0 saturated carbocycles. The Hall–Kier alpha value is -0.920. The number of aliphatic hydroxyl groups excluding tert-OH is 1. The second kappa shape index (κ2) is 7.02. The van der Waals surface area contributed by atoms with E-state index in [0.29, 0.717) is 17.9 Å². The van der Waals surface area contributed by atoms with E-state index >= 15 is 0 Å². The fourth-order valence-corrected chi connectivity index (χ4v) is 1.90. The maximum Gasteiger partial charge on any atom is 0.416 e. The van der Waals surface area contributed by atoms with Crippen LogP contribution in [0.5, 0.6) is 0 Å². The third kappa shape index (κ3) is 5.71. The van der Waals surface area contributed by atoms with E-state index in [9.17, 15) is 22.5 Å². The van der Waals surface area contributed by atoms with Gasteiger partial charge in [-0.3, -0.25) is 4.21 Å². The van der Waals surface area contributed by atoms with Crippen LogP contribution in [0.15, 0.2) is 24.3 Å². The van der Waals surface area contributed by atoms with E-state index in [1.165, 1.54) is 12.1 Å². The highest BCUT2D eigenvalue weighted by Crippen LogP contribution is 2.29. The van der Waals surface area contributed by atoms with E-state index in [4.69, 9.17) is 0 Å². The third-order valence-corrected chi connectivity index (χ3v) is 3.31. The van der Waals surface area contributed by atoms with Crippen LogP contribution in [0.1, 0.15) is 17.2 Å². The lowest BCUT2D eigenvalue weighted by Crippen LogP contribution is -2.25. The molecule has 0 heterocycles. The number of alkyl halides is 3. The van der Waals surface area contributed by atoms with Gasteiger partial charge >= 0.3 is 6.18 Å². The number of hydrogen-bond donors (Lipinski definition) is 2. The minimum atomic E-state index is -4.37. The van der Waals surface area contributed by atoms with Crippen molar-refractivity contribution in [2.24, 2.45) is 0 Å². The molecule has 3 nitrogen and oxygen atoms in total. The van der Waals surface area contributed by atoms with E-state index in [2.05, 4.69) is 5.32 Å². The molecule has 2 atom stereocenters. The van der Waals surface area contributed by atoms with Crippen LogP contribution in [0.2, 0.25) is 0 Å². The summed E-state index contributed by atoms with van der Waals surface area (Å²) in [6, 6.07) is 4.40. The molecule has 1 rings (SSSR count). The van der Waals surface area contributed by atoms with Crippen LogP contribution in [-0.4, -0.2) is 34.4 Å². The normalized spacial score (nSPS) is 15.2. The molecule has 0 fully saturated rings. The molecule has 2 N–H and O–H groups in total. The lowest BCUT2D eigenvalue weighted by molar-refractivity contribution is -0.137. The second-order valence-corrected chi connectivity index (χ2v) is 5.67. The summed E-state index contributed by atoms with van der Waals surface area (Å²) in [6.07, 6.45) is -3.67. The van der Waals surface area contributed by atoms with E-state index in [-0.39, 0.29) is 6.54 Å². The zero-order valence-electron chi connectivity index (χ0n) is 10.4. The molecule has 1 aromatic rings. The molecule has 0 aromatic heterocycles. The van der Waals surface area contributed by atoms with E-state index < -0.39 is 28.6 Å². The van der Waals surface area contributed by atoms with Crippen molar-refractivity contribution in [1.82, 2.24) is 5.32 Å². The predicted octanol–water partition coefficient (Wildman–Crippen LogP) is 1.71. The molecule has 0 saturated heterocycles. The molecule has 0 aliphatic heterocycles. The smallest absolute Gasteiger partial charge is 0.387 e. The lowest BCUT2D eigenvalue weighted by atomic mass is 10.1. The van der Waals surface area contributed by atoms with Crippen molar-refractivity contribution in [3.05, 3.63) is 35.4 Å². The number of halogens is 3. The van der Waals surface area contributed by atoms with Gasteiger partial charge in [-0.2, -0.15) is 13.2 Å². The third-order valence-electron chi connectivity index (χ3n) is 2.53. The second-order valence-electron chi connectivity index (χ2n) is 4.12. The Morgan fingerprint density at radius 3 is 2.37 bits per heavy atom. The SMILES string of the molecule is CS(=O)CCNCC(O)c1ccc(C(F)(F)F)cc1. The fraction of sp³-hybridized carbons (Fsp3) is 0.500. The van der Waals surface area contributed by atoms with Crippen LogP contribution < -0.4 is 5.32 Å². The predicted molar refractivity (Wildman–Crippen MR) is 68.2 cm³/mol. The first-order valence-electron chi connectivity index (χ1n) is 5.66. The highest BCUT2D eigenvalue weighted by Gasteiger charge is 2.30. The molecule has 0 radical (unpaired) electrons. The molecule has 0 amide bonds. The highest BCUT2D eigenvalue weighted by atomic mass is 32.2. The van der Waals surface area contributed by atoms with Gasteiger partial charge in [0, 0.05) is 35.9 Å². The van der Waals surface area contributed by atoms with Crippen LogP contribution >= 0.6 is 0 Å². The molecule has 19 heavy (non-hydrogen) atoms. The molecule has 7 heteroatoms. The van der Waals surface area contributed by atoms with E-state index in [1.54, 1.807) is 6.26 Å². The Morgan fingerprint density at radius 2 is 1.89 bits per heavy atom. The van der Waals surface area contributed by atoms with Crippen LogP contribution in [0.25, 0.3) is 0 Å². The van der Waals surface area contributed by atoms with Crippen molar-refractivity contribution >= 4 is 10.8 Å². The van der Waals surface area contributed by atoms with E-state index in [1.807, 2.05) is 0 Å². The summed E-state index contributed by atoms with van der Waals surface area (Å²) in [5, 5.41) is 12.7. The summed E-state index contributed by atoms with van der Waals surface area (Å²) in [6.45, 7) is 0.698. The van der Waals surface area contributed by atoms with Crippen LogP contribution in [-0.2, 0) is 17.0 Å². The molecule has 0 bridgehead atoms. The van der Waals surface area contributed by atoms with Gasteiger partial charge in [-0.15, -0.1) is 0 Å². The number of benzene rings is 1. The molecule has 1 aromatic carbocycles. The van der Waals surface area contributed by atoms with Crippen molar-refractivity contribution < 1.29 is 22.5 Å². The van der Waals surface area contributed by atoms with Gasteiger partial charge in [0.25, 0.3) is 0 Å². The van der Waals surface area contributed by atoms with Crippen LogP contribution in [0.3, 0.4) is 0 Å². The van der Waals surface area contributed by atoms with Crippen molar-refractivity contribution in [3.8, 4) is 0 Å². The van der Waals surface area contributed by atoms with Gasteiger partial charge in [-0.25, -0.2) is 0 Å². The number of rotatable bonds is 6. The molecule has 2 unspecified atom stereocenters. The average Bonchev–Trinajstić information content (AvgIpc) is 2.33. The number of aliphatic hydroxyl groups is 1. The van der Waals surface area contributed by atoms with Gasteiger partial charge in [0.05, 0.1) is 11.7 Å². The summed E-state index contributed by atoms with van der Waals surface area (Å²) < 4.78 is 47.8. The Labute approximate surface area is 112 Å². The molecule has 0 aliphatic carbocycles. The lowest BCUT2D eigenvalue weighted by Gasteiger charge is -2.13. The largest absolute Gasteiger partial charge is 0.416 e. The number of nitrogens with one attached hydrogen (secondary N) is 1. The fourth-order valence-electron chi connectivity index (χ4n) is 1.47. The zero-order valence-corrected chi connectivity index (χ0v) is 11.2. The van der Waals surface area contributed by atoms with Gasteiger partial charge < -0.3 is 10.4 Å². The average molecular weight is 295 g/mol. The van der Waals surface area contributed by atoms with Gasteiger partial charge in [0.2, 0.25) is 0 Å². The summed E-state index contributed by atoms with van der Waals surface area (Å²) >= 11 is 0. The summed E-state index contributed by atoms with van der Waals surface area (Å²) in [5.41, 5.74) is -0.323. The Kier molecular flexibility index (Phi) is 5.96. The minimum absolute atomic E-state index is 0.211. The highest BCUT2D eigenvalue weighted by molar-refractivity contribution is 7.84. The molecule has 0 aliphatic rings. The van der Waals surface area contributed by atoms with Gasteiger partial charge in [0.15, 0.2) is 0 Å². The summed E-state index contributed by atoms with van der Waals surface area (Å²) in [5.74, 6) is 0.472. The maximum atomic E-state index is 12.3. The summed E-state index contributed by atoms with van der Waals surface area (Å²) in [7, 11) is -0.907. The first-order valence-corrected chi connectivity index (χ1v) is 7.39. The standard InChI is InChI=1S/C12H16F3NO2S/c1-19(18)7-6-16-8-11(17)9-2-4-10(5-3-9)12(13,14)15/h2-5,11,16-17H,6-8H2,1H3. The van der Waals surface area contributed by atoms with E-state index in [0.717, 1.165) is 12.1 Å². The van der Waals surface area contributed by atoms with Crippen molar-refractivity contribution in [1.29, 1.82) is 0 Å². The molecule has 108 valence electrons. The molecule has 0 spiro atoms. The van der Waals surface area contributed by atoms with Crippen LogP contribution in [0.4, 0.5) is 13.2 Å². The number of hydrogen-bond acceptors (Lipinski definition) is 3. The Balaban J connectivity index is 2.49. The molecular weight excluding hydrogens is 279 g/mol. The molecular formula is C12H16F3NO2S. The summed E-state index contributed by atoms with van der Waals surface area (Å²) in [4.78, 5) is 0. The Morgan fingerprint density at radius 1 is 1.32 bits per heavy atom. The van der Waals surface area contributed by atoms with Gasteiger partial charge in [0.1, 0.15) is 0 Å². The van der Waals surface area contributed by atoms with Crippen LogP contribution in [0, 0.1) is 0 Å². The monoisotopic (exact) mass is 295 g/mol. The van der Waals surface area contributed by atoms with Gasteiger partial charge in [-0.05, 0) is 17.7 Å².